The van der Waals surface area contributed by atoms with Crippen LogP contribution in [0, 0.1) is 0 Å². The van der Waals surface area contributed by atoms with Gasteiger partial charge in [-0.05, 0) is 19.1 Å². The molecule has 1 aromatic carbocycles. The minimum absolute atomic E-state index is 0.0383. The van der Waals surface area contributed by atoms with Gasteiger partial charge in [0.2, 0.25) is 0 Å². The molecule has 0 aliphatic rings. The van der Waals surface area contributed by atoms with Crippen molar-refractivity contribution in [3.05, 3.63) is 30.0 Å². The highest BCUT2D eigenvalue weighted by Crippen LogP contribution is 2.28. The van der Waals surface area contributed by atoms with Crippen LogP contribution in [0.3, 0.4) is 0 Å². The lowest BCUT2D eigenvalue weighted by Crippen LogP contribution is -2.45. The van der Waals surface area contributed by atoms with Crippen LogP contribution in [0.1, 0.15) is 17.5 Å². The Morgan fingerprint density at radius 1 is 1.23 bits per heavy atom. The summed E-state index contributed by atoms with van der Waals surface area (Å²) in [5.74, 6) is -2.37. The predicted octanol–water partition coefficient (Wildman–Crippen LogP) is 0.765. The van der Waals surface area contributed by atoms with Crippen molar-refractivity contribution in [2.45, 2.75) is 6.92 Å². The standard InChI is InChI=1S/C14H14N2O6/c1-3-21-14(19)13(18)16-15-12(17)11-7-8-9(20-2)5-4-6-10(8)22-11/h4-7H,3H2,1-2H3,(H,15,17)(H,16,18). The largest absolute Gasteiger partial charge is 0.496 e. The van der Waals surface area contributed by atoms with E-state index in [0.29, 0.717) is 16.7 Å². The molecule has 1 aromatic heterocycles. The first-order valence-corrected chi connectivity index (χ1v) is 6.40. The van der Waals surface area contributed by atoms with Crippen molar-refractivity contribution in [2.75, 3.05) is 13.7 Å². The number of ether oxygens (including phenoxy) is 2. The zero-order chi connectivity index (χ0) is 16.1. The number of furan rings is 1. The first kappa shape index (κ1) is 15.4. The molecule has 0 saturated carbocycles. The number of rotatable bonds is 3. The van der Waals surface area contributed by atoms with Gasteiger partial charge in [-0.15, -0.1) is 0 Å². The molecule has 0 saturated heterocycles. The van der Waals surface area contributed by atoms with Crippen LogP contribution in [0.15, 0.2) is 28.7 Å². The zero-order valence-corrected chi connectivity index (χ0v) is 12.0. The molecule has 0 radical (unpaired) electrons. The second-order valence-corrected chi connectivity index (χ2v) is 4.11. The van der Waals surface area contributed by atoms with E-state index >= 15 is 0 Å². The van der Waals surface area contributed by atoms with Gasteiger partial charge in [-0.2, -0.15) is 0 Å². The van der Waals surface area contributed by atoms with Gasteiger partial charge < -0.3 is 13.9 Å². The quantitative estimate of drug-likeness (QED) is 0.492. The third-order valence-corrected chi connectivity index (χ3v) is 2.72. The van der Waals surface area contributed by atoms with Crippen LogP contribution in [-0.2, 0) is 14.3 Å². The number of carbonyl (C=O) groups is 3. The number of nitrogens with one attached hydrogen (secondary N) is 2. The number of benzene rings is 1. The maximum atomic E-state index is 11.9. The Kier molecular flexibility index (Phi) is 4.62. The lowest BCUT2D eigenvalue weighted by Gasteiger charge is -2.04. The number of hydrogen-bond donors (Lipinski definition) is 2. The summed E-state index contributed by atoms with van der Waals surface area (Å²) >= 11 is 0. The summed E-state index contributed by atoms with van der Waals surface area (Å²) in [4.78, 5) is 34.3. The summed E-state index contributed by atoms with van der Waals surface area (Å²) in [5, 5.41) is 0.617. The summed E-state index contributed by atoms with van der Waals surface area (Å²) < 4.78 is 15.0. The summed E-state index contributed by atoms with van der Waals surface area (Å²) in [5.41, 5.74) is 4.46. The molecular weight excluding hydrogens is 292 g/mol. The van der Waals surface area contributed by atoms with Gasteiger partial charge in [-0.25, -0.2) is 4.79 Å². The van der Waals surface area contributed by atoms with E-state index in [1.165, 1.54) is 13.2 Å². The number of hydrogen-bond acceptors (Lipinski definition) is 6. The Bertz CT molecular complexity index is 721. The molecule has 2 rings (SSSR count). The van der Waals surface area contributed by atoms with Gasteiger partial charge in [0.05, 0.1) is 19.1 Å². The van der Waals surface area contributed by atoms with Crippen molar-refractivity contribution in [1.82, 2.24) is 10.9 Å². The Morgan fingerprint density at radius 3 is 2.68 bits per heavy atom. The molecule has 8 nitrogen and oxygen atoms in total. The molecule has 8 heteroatoms. The second-order valence-electron chi connectivity index (χ2n) is 4.11. The Balaban J connectivity index is 2.07. The average Bonchev–Trinajstić information content (AvgIpc) is 2.96. The topological polar surface area (TPSA) is 107 Å². The smallest absolute Gasteiger partial charge is 0.398 e. The fourth-order valence-corrected chi connectivity index (χ4v) is 1.75. The molecule has 0 atom stereocenters. The summed E-state index contributed by atoms with van der Waals surface area (Å²) in [6, 6.07) is 6.59. The van der Waals surface area contributed by atoms with E-state index in [-0.39, 0.29) is 12.4 Å². The summed E-state index contributed by atoms with van der Waals surface area (Å²) in [6.07, 6.45) is 0. The Hall–Kier alpha value is -3.03. The lowest BCUT2D eigenvalue weighted by molar-refractivity contribution is -0.154. The number of methoxy groups -OCH3 is 1. The Labute approximate surface area is 125 Å². The molecule has 2 aromatic rings. The van der Waals surface area contributed by atoms with E-state index in [1.54, 1.807) is 25.1 Å². The van der Waals surface area contributed by atoms with Crippen LogP contribution in [0.5, 0.6) is 5.75 Å². The van der Waals surface area contributed by atoms with Crippen molar-refractivity contribution in [3.63, 3.8) is 0 Å². The minimum Gasteiger partial charge on any atom is -0.496 e. The zero-order valence-electron chi connectivity index (χ0n) is 12.0. The van der Waals surface area contributed by atoms with Crippen molar-refractivity contribution < 1.29 is 28.3 Å². The Morgan fingerprint density at radius 2 is 2.00 bits per heavy atom. The predicted molar refractivity (Wildman–Crippen MR) is 75.0 cm³/mol. The van der Waals surface area contributed by atoms with E-state index in [9.17, 15) is 14.4 Å². The van der Waals surface area contributed by atoms with Crippen LogP contribution < -0.4 is 15.6 Å². The van der Waals surface area contributed by atoms with E-state index < -0.39 is 17.8 Å². The molecule has 0 unspecified atom stereocenters. The van der Waals surface area contributed by atoms with E-state index in [0.717, 1.165) is 0 Å². The maximum absolute atomic E-state index is 11.9. The van der Waals surface area contributed by atoms with E-state index in [4.69, 9.17) is 9.15 Å². The highest BCUT2D eigenvalue weighted by atomic mass is 16.5. The number of amides is 2. The summed E-state index contributed by atoms with van der Waals surface area (Å²) in [6.45, 7) is 1.62. The van der Waals surface area contributed by atoms with Crippen LogP contribution in [0.2, 0.25) is 0 Å². The number of esters is 1. The molecule has 116 valence electrons. The van der Waals surface area contributed by atoms with E-state index in [2.05, 4.69) is 10.2 Å². The van der Waals surface area contributed by atoms with Crippen molar-refractivity contribution in [2.24, 2.45) is 0 Å². The van der Waals surface area contributed by atoms with E-state index in [1.807, 2.05) is 5.43 Å². The molecule has 1 heterocycles. The fourth-order valence-electron chi connectivity index (χ4n) is 1.75. The van der Waals surface area contributed by atoms with Crippen molar-refractivity contribution in [3.8, 4) is 5.75 Å². The fraction of sp³-hybridized carbons (Fsp3) is 0.214. The van der Waals surface area contributed by atoms with Gasteiger partial charge in [0.25, 0.3) is 0 Å². The maximum Gasteiger partial charge on any atom is 0.398 e. The molecule has 2 N–H and O–H groups in total. The third kappa shape index (κ3) is 3.17. The third-order valence-electron chi connectivity index (χ3n) is 2.72. The van der Waals surface area contributed by atoms with Gasteiger partial charge in [0.1, 0.15) is 11.3 Å². The first-order valence-electron chi connectivity index (χ1n) is 6.40. The van der Waals surface area contributed by atoms with Crippen LogP contribution in [0.25, 0.3) is 11.0 Å². The van der Waals surface area contributed by atoms with Crippen LogP contribution >= 0.6 is 0 Å². The van der Waals surface area contributed by atoms with Gasteiger partial charge in [-0.1, -0.05) is 6.07 Å². The number of carbonyl (C=O) groups excluding carboxylic acids is 3. The monoisotopic (exact) mass is 306 g/mol. The van der Waals surface area contributed by atoms with Crippen molar-refractivity contribution in [1.29, 1.82) is 0 Å². The summed E-state index contributed by atoms with van der Waals surface area (Å²) in [7, 11) is 1.50. The highest BCUT2D eigenvalue weighted by molar-refractivity contribution is 6.32. The molecule has 2 amide bonds. The molecule has 0 bridgehead atoms. The lowest BCUT2D eigenvalue weighted by atomic mass is 10.2. The van der Waals surface area contributed by atoms with Crippen LogP contribution in [-0.4, -0.2) is 31.5 Å². The van der Waals surface area contributed by atoms with Gasteiger partial charge in [0, 0.05) is 6.07 Å². The minimum atomic E-state index is -1.09. The normalized spacial score (nSPS) is 10.1. The average molecular weight is 306 g/mol. The molecular formula is C14H14N2O6. The van der Waals surface area contributed by atoms with Crippen molar-refractivity contribution >= 4 is 28.8 Å². The molecule has 0 spiro atoms. The number of hydrazine groups is 1. The molecule has 22 heavy (non-hydrogen) atoms. The highest BCUT2D eigenvalue weighted by Gasteiger charge is 2.18. The molecule has 0 aliphatic carbocycles. The van der Waals surface area contributed by atoms with Gasteiger partial charge >= 0.3 is 17.8 Å². The molecule has 0 fully saturated rings. The first-order chi connectivity index (χ1) is 10.6. The SMILES string of the molecule is CCOC(=O)C(=O)NNC(=O)c1cc2c(OC)cccc2o1. The van der Waals surface area contributed by atoms with Gasteiger partial charge in [0.15, 0.2) is 5.76 Å². The van der Waals surface area contributed by atoms with Crippen LogP contribution in [0.4, 0.5) is 0 Å². The van der Waals surface area contributed by atoms with Gasteiger partial charge in [-0.3, -0.25) is 20.4 Å². The second kappa shape index (κ2) is 6.61. The number of fused-ring (bicyclic) bond motifs is 1. The molecule has 0 aliphatic heterocycles.